The summed E-state index contributed by atoms with van der Waals surface area (Å²) in [7, 11) is 0. The fourth-order valence-electron chi connectivity index (χ4n) is 2.69. The minimum atomic E-state index is -0.466. The number of carbonyl (C=O) groups excluding carboxylic acids is 1. The van der Waals surface area contributed by atoms with Gasteiger partial charge in [0.15, 0.2) is 0 Å². The molecule has 1 aromatic rings. The van der Waals surface area contributed by atoms with E-state index in [9.17, 15) is 4.79 Å². The molecule has 1 aliphatic rings. The molecule has 1 saturated carbocycles. The summed E-state index contributed by atoms with van der Waals surface area (Å²) in [4.78, 5) is 11.8. The molecule has 0 aromatic heterocycles. The van der Waals surface area contributed by atoms with Gasteiger partial charge in [-0.1, -0.05) is 29.3 Å². The Balaban J connectivity index is 1.80. The Hall–Kier alpha value is -1.13. The summed E-state index contributed by atoms with van der Waals surface area (Å²) in [6.45, 7) is 5.59. The zero-order valence-corrected chi connectivity index (χ0v) is 15.3. The summed E-state index contributed by atoms with van der Waals surface area (Å²) < 4.78 is 5.29. The molecule has 0 radical (unpaired) electrons. The average Bonchev–Trinajstić information content (AvgIpc) is 2.44. The van der Waals surface area contributed by atoms with E-state index < -0.39 is 5.60 Å². The van der Waals surface area contributed by atoms with Gasteiger partial charge in [0.1, 0.15) is 5.60 Å². The number of hydrogen-bond donors (Lipinski definition) is 2. The molecule has 0 atom stereocenters. The molecular weight excluding hydrogens is 335 g/mol. The van der Waals surface area contributed by atoms with Crippen molar-refractivity contribution >= 4 is 35.0 Å². The van der Waals surface area contributed by atoms with Crippen molar-refractivity contribution in [1.82, 2.24) is 5.32 Å². The first-order valence-corrected chi connectivity index (χ1v) is 8.70. The van der Waals surface area contributed by atoms with Crippen LogP contribution in [0, 0.1) is 0 Å². The van der Waals surface area contributed by atoms with Crippen molar-refractivity contribution in [2.75, 3.05) is 5.32 Å². The van der Waals surface area contributed by atoms with Crippen molar-refractivity contribution in [2.24, 2.45) is 0 Å². The lowest BCUT2D eigenvalue weighted by Gasteiger charge is -2.31. The molecule has 0 aliphatic heterocycles. The standard InChI is InChI=1S/C17H24Cl2N2O2/c1-17(2,3)23-16(22)21-12-9-7-11(8-10-12)20-14-6-4-5-13(18)15(14)19/h4-6,11-12,20H,7-10H2,1-3H3,(H,21,22). The van der Waals surface area contributed by atoms with E-state index in [1.165, 1.54) is 0 Å². The third kappa shape index (κ3) is 5.78. The van der Waals surface area contributed by atoms with Gasteiger partial charge in [-0.2, -0.15) is 0 Å². The molecule has 4 nitrogen and oxygen atoms in total. The summed E-state index contributed by atoms with van der Waals surface area (Å²) in [5, 5.41) is 7.50. The van der Waals surface area contributed by atoms with Gasteiger partial charge in [0.05, 0.1) is 15.7 Å². The summed E-state index contributed by atoms with van der Waals surface area (Å²) in [6.07, 6.45) is 3.41. The normalized spacial score (nSPS) is 21.6. The number of nitrogens with one attached hydrogen (secondary N) is 2. The molecular formula is C17H24Cl2N2O2. The molecule has 128 valence electrons. The van der Waals surface area contributed by atoms with E-state index in [0.717, 1.165) is 31.4 Å². The molecule has 0 bridgehead atoms. The molecule has 1 fully saturated rings. The Labute approximate surface area is 147 Å². The van der Waals surface area contributed by atoms with Crippen LogP contribution in [0.25, 0.3) is 0 Å². The van der Waals surface area contributed by atoms with E-state index in [0.29, 0.717) is 16.1 Å². The summed E-state index contributed by atoms with van der Waals surface area (Å²) in [6, 6.07) is 6.09. The maximum absolute atomic E-state index is 11.8. The van der Waals surface area contributed by atoms with Crippen molar-refractivity contribution in [1.29, 1.82) is 0 Å². The fourth-order valence-corrected chi connectivity index (χ4v) is 3.05. The van der Waals surface area contributed by atoms with E-state index in [1.54, 1.807) is 6.07 Å². The van der Waals surface area contributed by atoms with Crippen molar-refractivity contribution in [3.05, 3.63) is 28.2 Å². The predicted octanol–water partition coefficient (Wildman–Crippen LogP) is 5.24. The topological polar surface area (TPSA) is 50.4 Å². The Morgan fingerprint density at radius 3 is 2.35 bits per heavy atom. The van der Waals surface area contributed by atoms with Gasteiger partial charge in [0.25, 0.3) is 0 Å². The zero-order chi connectivity index (χ0) is 17.0. The number of carbonyl (C=O) groups is 1. The molecule has 23 heavy (non-hydrogen) atoms. The van der Waals surface area contributed by atoms with Crippen LogP contribution < -0.4 is 10.6 Å². The molecule has 0 spiro atoms. The van der Waals surface area contributed by atoms with Gasteiger partial charge in [-0.05, 0) is 58.6 Å². The average molecular weight is 359 g/mol. The number of ether oxygens (including phenoxy) is 1. The van der Waals surface area contributed by atoms with Gasteiger partial charge in [0, 0.05) is 12.1 Å². The first-order chi connectivity index (χ1) is 10.7. The van der Waals surface area contributed by atoms with Crippen molar-refractivity contribution < 1.29 is 9.53 Å². The first-order valence-electron chi connectivity index (χ1n) is 7.94. The summed E-state index contributed by atoms with van der Waals surface area (Å²) >= 11 is 12.2. The molecule has 6 heteroatoms. The van der Waals surface area contributed by atoms with Gasteiger partial charge in [-0.15, -0.1) is 0 Å². The molecule has 0 unspecified atom stereocenters. The first kappa shape index (κ1) is 18.2. The second-order valence-electron chi connectivity index (χ2n) is 6.94. The maximum atomic E-state index is 11.8. The highest BCUT2D eigenvalue weighted by Gasteiger charge is 2.25. The highest BCUT2D eigenvalue weighted by Crippen LogP contribution is 2.32. The van der Waals surface area contributed by atoms with Gasteiger partial charge in [-0.3, -0.25) is 0 Å². The van der Waals surface area contributed by atoms with Gasteiger partial charge >= 0.3 is 6.09 Å². The molecule has 2 N–H and O–H groups in total. The Morgan fingerprint density at radius 1 is 1.13 bits per heavy atom. The fraction of sp³-hybridized carbons (Fsp3) is 0.588. The van der Waals surface area contributed by atoms with Crippen LogP contribution >= 0.6 is 23.2 Å². The molecule has 0 heterocycles. The van der Waals surface area contributed by atoms with Gasteiger partial charge in [0.2, 0.25) is 0 Å². The lowest BCUT2D eigenvalue weighted by atomic mass is 9.91. The maximum Gasteiger partial charge on any atom is 0.407 e. The van der Waals surface area contributed by atoms with Gasteiger partial charge in [-0.25, -0.2) is 4.79 Å². The van der Waals surface area contributed by atoms with Crippen molar-refractivity contribution in [3.8, 4) is 0 Å². The predicted molar refractivity (Wildman–Crippen MR) is 95.5 cm³/mol. The van der Waals surface area contributed by atoms with E-state index in [4.69, 9.17) is 27.9 Å². The number of anilines is 1. The Morgan fingerprint density at radius 2 is 1.74 bits per heavy atom. The van der Waals surface area contributed by atoms with E-state index >= 15 is 0 Å². The highest BCUT2D eigenvalue weighted by molar-refractivity contribution is 6.43. The van der Waals surface area contributed by atoms with Gasteiger partial charge < -0.3 is 15.4 Å². The smallest absolute Gasteiger partial charge is 0.407 e. The molecule has 0 saturated heterocycles. The van der Waals surface area contributed by atoms with Crippen LogP contribution in [0.2, 0.25) is 10.0 Å². The second kappa shape index (κ2) is 7.63. The lowest BCUT2D eigenvalue weighted by molar-refractivity contribution is 0.0492. The van der Waals surface area contributed by atoms with E-state index in [2.05, 4.69) is 10.6 Å². The Bertz CT molecular complexity index is 550. The van der Waals surface area contributed by atoms with Crippen LogP contribution in [0.5, 0.6) is 0 Å². The minimum Gasteiger partial charge on any atom is -0.444 e. The number of benzene rings is 1. The third-order valence-corrected chi connectivity index (χ3v) is 4.58. The third-order valence-electron chi connectivity index (χ3n) is 3.76. The van der Waals surface area contributed by atoms with Crippen LogP contribution in [-0.2, 0) is 4.74 Å². The monoisotopic (exact) mass is 358 g/mol. The van der Waals surface area contributed by atoms with Crippen LogP contribution in [-0.4, -0.2) is 23.8 Å². The van der Waals surface area contributed by atoms with Crippen LogP contribution in [0.4, 0.5) is 10.5 Å². The SMILES string of the molecule is CC(C)(C)OC(=O)NC1CCC(Nc2cccc(Cl)c2Cl)CC1. The van der Waals surface area contributed by atoms with Crippen LogP contribution in [0.1, 0.15) is 46.5 Å². The number of halogens is 2. The van der Waals surface area contributed by atoms with Crippen molar-refractivity contribution in [3.63, 3.8) is 0 Å². The van der Waals surface area contributed by atoms with Crippen molar-refractivity contribution in [2.45, 2.75) is 64.1 Å². The Kier molecular flexibility index (Phi) is 6.04. The quantitative estimate of drug-likeness (QED) is 0.776. The lowest BCUT2D eigenvalue weighted by Crippen LogP contribution is -2.42. The zero-order valence-electron chi connectivity index (χ0n) is 13.8. The number of hydrogen-bond acceptors (Lipinski definition) is 3. The number of amides is 1. The molecule has 2 rings (SSSR count). The molecule has 1 aliphatic carbocycles. The molecule has 1 amide bonds. The second-order valence-corrected chi connectivity index (χ2v) is 7.73. The van der Waals surface area contributed by atoms with Crippen LogP contribution in [0.15, 0.2) is 18.2 Å². The summed E-state index contributed by atoms with van der Waals surface area (Å²) in [5.74, 6) is 0. The largest absolute Gasteiger partial charge is 0.444 e. The highest BCUT2D eigenvalue weighted by atomic mass is 35.5. The number of alkyl carbamates (subject to hydrolysis) is 1. The van der Waals surface area contributed by atoms with E-state index in [1.807, 2.05) is 32.9 Å². The number of rotatable bonds is 3. The van der Waals surface area contributed by atoms with Crippen LogP contribution in [0.3, 0.4) is 0 Å². The summed E-state index contributed by atoms with van der Waals surface area (Å²) in [5.41, 5.74) is 0.398. The molecule has 1 aromatic carbocycles. The van der Waals surface area contributed by atoms with E-state index in [-0.39, 0.29) is 12.1 Å². The minimum absolute atomic E-state index is 0.165.